The standard InChI is InChI=1S/C18H16F3NO4/c1-10(11-3-2-4-12(9-11)18(19,20)21)22(13-5-6-13)16(23)14-7-8-15(26-14)17(24)25/h2-4,7-10,13H,5-6H2,1H3,(H,24,25). The van der Waals surface area contributed by atoms with Gasteiger partial charge in [0.05, 0.1) is 11.6 Å². The summed E-state index contributed by atoms with van der Waals surface area (Å²) in [6, 6.07) is 6.56. The molecular formula is C18H16F3NO4. The molecule has 138 valence electrons. The normalized spacial score (nSPS) is 15.5. The molecule has 0 saturated heterocycles. The minimum Gasteiger partial charge on any atom is -0.475 e. The zero-order chi connectivity index (χ0) is 19.1. The largest absolute Gasteiger partial charge is 0.475 e. The van der Waals surface area contributed by atoms with Crippen LogP contribution in [0.4, 0.5) is 13.2 Å². The van der Waals surface area contributed by atoms with Gasteiger partial charge < -0.3 is 14.4 Å². The van der Waals surface area contributed by atoms with Gasteiger partial charge in [0.1, 0.15) is 0 Å². The van der Waals surface area contributed by atoms with E-state index in [2.05, 4.69) is 0 Å². The van der Waals surface area contributed by atoms with Gasteiger partial charge in [-0.3, -0.25) is 4.79 Å². The Labute approximate surface area is 147 Å². The van der Waals surface area contributed by atoms with Crippen LogP contribution in [0, 0.1) is 0 Å². The molecule has 26 heavy (non-hydrogen) atoms. The van der Waals surface area contributed by atoms with Crippen LogP contribution in [-0.4, -0.2) is 27.9 Å². The Morgan fingerprint density at radius 3 is 2.38 bits per heavy atom. The van der Waals surface area contributed by atoms with Crippen molar-refractivity contribution in [1.29, 1.82) is 0 Å². The first kappa shape index (κ1) is 18.0. The molecule has 8 heteroatoms. The number of hydrogen-bond donors (Lipinski definition) is 1. The predicted molar refractivity (Wildman–Crippen MR) is 84.7 cm³/mol. The molecule has 0 spiro atoms. The van der Waals surface area contributed by atoms with E-state index in [1.807, 2.05) is 0 Å². The Morgan fingerprint density at radius 2 is 1.85 bits per heavy atom. The van der Waals surface area contributed by atoms with Crippen LogP contribution in [0.5, 0.6) is 0 Å². The lowest BCUT2D eigenvalue weighted by Crippen LogP contribution is -2.35. The van der Waals surface area contributed by atoms with Crippen molar-refractivity contribution in [1.82, 2.24) is 4.90 Å². The number of halogens is 3. The maximum Gasteiger partial charge on any atom is 0.416 e. The molecule has 1 aliphatic rings. The maximum absolute atomic E-state index is 13.0. The summed E-state index contributed by atoms with van der Waals surface area (Å²) in [5.41, 5.74) is -0.429. The van der Waals surface area contributed by atoms with Crippen molar-refractivity contribution >= 4 is 11.9 Å². The lowest BCUT2D eigenvalue weighted by Gasteiger charge is -2.29. The highest BCUT2D eigenvalue weighted by molar-refractivity contribution is 5.94. The van der Waals surface area contributed by atoms with E-state index in [-0.39, 0.29) is 17.6 Å². The van der Waals surface area contributed by atoms with Crippen LogP contribution in [-0.2, 0) is 6.18 Å². The third kappa shape index (κ3) is 3.58. The van der Waals surface area contributed by atoms with Gasteiger partial charge in [-0.05, 0) is 49.6 Å². The van der Waals surface area contributed by atoms with Gasteiger partial charge in [-0.2, -0.15) is 13.2 Å². The first-order chi connectivity index (χ1) is 12.2. The highest BCUT2D eigenvalue weighted by Gasteiger charge is 2.39. The van der Waals surface area contributed by atoms with E-state index in [9.17, 15) is 22.8 Å². The Balaban J connectivity index is 1.90. The number of carbonyl (C=O) groups excluding carboxylic acids is 1. The van der Waals surface area contributed by atoms with Gasteiger partial charge in [0.15, 0.2) is 5.76 Å². The predicted octanol–water partition coefficient (Wildman–Crippen LogP) is 4.36. The van der Waals surface area contributed by atoms with Gasteiger partial charge in [0, 0.05) is 6.04 Å². The second-order valence-electron chi connectivity index (χ2n) is 6.21. The zero-order valence-electron chi connectivity index (χ0n) is 13.8. The number of carbonyl (C=O) groups is 2. The number of benzene rings is 1. The van der Waals surface area contributed by atoms with Crippen LogP contribution in [0.2, 0.25) is 0 Å². The third-order valence-corrected chi connectivity index (χ3v) is 4.32. The molecule has 1 fully saturated rings. The van der Waals surface area contributed by atoms with Gasteiger partial charge >= 0.3 is 12.1 Å². The number of nitrogens with zero attached hydrogens (tertiary/aromatic N) is 1. The van der Waals surface area contributed by atoms with Crippen molar-refractivity contribution in [2.45, 2.75) is 38.0 Å². The molecule has 1 atom stereocenters. The topological polar surface area (TPSA) is 70.8 Å². The molecule has 1 heterocycles. The number of aromatic carboxylic acids is 1. The van der Waals surface area contributed by atoms with Crippen molar-refractivity contribution in [3.8, 4) is 0 Å². The minimum atomic E-state index is -4.47. The van der Waals surface area contributed by atoms with E-state index in [0.29, 0.717) is 5.56 Å². The van der Waals surface area contributed by atoms with Crippen molar-refractivity contribution in [2.75, 3.05) is 0 Å². The van der Waals surface area contributed by atoms with Crippen molar-refractivity contribution in [2.24, 2.45) is 0 Å². The average molecular weight is 367 g/mol. The van der Waals surface area contributed by atoms with E-state index in [1.54, 1.807) is 6.92 Å². The summed E-state index contributed by atoms with van der Waals surface area (Å²) in [4.78, 5) is 25.1. The monoisotopic (exact) mass is 367 g/mol. The Morgan fingerprint density at radius 1 is 1.19 bits per heavy atom. The molecule has 1 aromatic carbocycles. The zero-order valence-corrected chi connectivity index (χ0v) is 13.8. The van der Waals surface area contributed by atoms with Gasteiger partial charge in [-0.15, -0.1) is 0 Å². The van der Waals surface area contributed by atoms with Crippen LogP contribution in [0.3, 0.4) is 0 Å². The molecule has 3 rings (SSSR count). The molecule has 1 amide bonds. The summed E-state index contributed by atoms with van der Waals surface area (Å²) >= 11 is 0. The molecule has 0 bridgehead atoms. The summed E-state index contributed by atoms with van der Waals surface area (Å²) in [6.07, 6.45) is -3.00. The van der Waals surface area contributed by atoms with Gasteiger partial charge in [0.25, 0.3) is 5.91 Å². The first-order valence-corrected chi connectivity index (χ1v) is 8.01. The minimum absolute atomic E-state index is 0.106. The number of rotatable bonds is 5. The highest BCUT2D eigenvalue weighted by Crippen LogP contribution is 2.37. The summed E-state index contributed by atoms with van der Waals surface area (Å²) in [5.74, 6) is -2.35. The van der Waals surface area contributed by atoms with Crippen LogP contribution >= 0.6 is 0 Å². The second-order valence-corrected chi connectivity index (χ2v) is 6.21. The van der Waals surface area contributed by atoms with E-state index < -0.39 is 29.7 Å². The van der Waals surface area contributed by atoms with Crippen LogP contribution < -0.4 is 0 Å². The molecule has 1 aliphatic carbocycles. The number of carboxylic acids is 1. The fourth-order valence-corrected chi connectivity index (χ4v) is 2.84. The second kappa shape index (κ2) is 6.51. The van der Waals surface area contributed by atoms with Crippen molar-refractivity contribution < 1.29 is 32.3 Å². The smallest absolute Gasteiger partial charge is 0.416 e. The Kier molecular flexibility index (Phi) is 4.52. The average Bonchev–Trinajstić information content (AvgIpc) is 3.28. The number of carboxylic acid groups (broad SMARTS) is 1. The maximum atomic E-state index is 13.0. The fraction of sp³-hybridized carbons (Fsp3) is 0.333. The van der Waals surface area contributed by atoms with Crippen molar-refractivity contribution in [3.63, 3.8) is 0 Å². The summed E-state index contributed by atoms with van der Waals surface area (Å²) < 4.78 is 43.9. The summed E-state index contributed by atoms with van der Waals surface area (Å²) in [5, 5.41) is 8.91. The van der Waals surface area contributed by atoms with Gasteiger partial charge in [-0.25, -0.2) is 4.79 Å². The van der Waals surface area contributed by atoms with Crippen LogP contribution in [0.1, 0.15) is 58.0 Å². The van der Waals surface area contributed by atoms with E-state index in [1.165, 1.54) is 29.2 Å². The Hall–Kier alpha value is -2.77. The number of hydrogen-bond acceptors (Lipinski definition) is 3. The first-order valence-electron chi connectivity index (χ1n) is 8.01. The van der Waals surface area contributed by atoms with Crippen LogP contribution in [0.15, 0.2) is 40.8 Å². The van der Waals surface area contributed by atoms with Crippen molar-refractivity contribution in [3.05, 3.63) is 59.0 Å². The summed E-state index contributed by atoms with van der Waals surface area (Å²) in [6.45, 7) is 1.65. The molecule has 2 aromatic rings. The number of furan rings is 1. The molecule has 1 saturated carbocycles. The van der Waals surface area contributed by atoms with Gasteiger partial charge in [-0.1, -0.05) is 12.1 Å². The molecule has 0 radical (unpaired) electrons. The quantitative estimate of drug-likeness (QED) is 0.852. The lowest BCUT2D eigenvalue weighted by molar-refractivity contribution is -0.137. The number of amides is 1. The molecular weight excluding hydrogens is 351 g/mol. The molecule has 0 aliphatic heterocycles. The van der Waals surface area contributed by atoms with Crippen LogP contribution in [0.25, 0.3) is 0 Å². The van der Waals surface area contributed by atoms with E-state index >= 15 is 0 Å². The van der Waals surface area contributed by atoms with E-state index in [4.69, 9.17) is 9.52 Å². The molecule has 1 N–H and O–H groups in total. The third-order valence-electron chi connectivity index (χ3n) is 4.32. The SMILES string of the molecule is CC(c1cccc(C(F)(F)F)c1)N(C(=O)c1ccc(C(=O)O)o1)C1CC1. The van der Waals surface area contributed by atoms with E-state index in [0.717, 1.165) is 25.0 Å². The number of alkyl halides is 3. The van der Waals surface area contributed by atoms with Gasteiger partial charge in [0.2, 0.25) is 5.76 Å². The molecule has 1 aromatic heterocycles. The Bertz CT molecular complexity index is 839. The lowest BCUT2D eigenvalue weighted by atomic mass is 10.0. The fourth-order valence-electron chi connectivity index (χ4n) is 2.84. The summed E-state index contributed by atoms with van der Waals surface area (Å²) in [7, 11) is 0. The molecule has 1 unspecified atom stereocenters. The highest BCUT2D eigenvalue weighted by atomic mass is 19.4. The molecule has 5 nitrogen and oxygen atoms in total.